The normalized spacial score (nSPS) is 14.7. The zero-order valence-corrected chi connectivity index (χ0v) is 17.1. The predicted molar refractivity (Wildman–Crippen MR) is 114 cm³/mol. The Bertz CT molecular complexity index is 936. The second-order valence-corrected chi connectivity index (χ2v) is 6.93. The fourth-order valence-electron chi connectivity index (χ4n) is 3.43. The maximum Gasteiger partial charge on any atom is 0.276 e. The van der Waals surface area contributed by atoms with Gasteiger partial charge in [0.2, 0.25) is 5.91 Å². The highest BCUT2D eigenvalue weighted by Crippen LogP contribution is 2.25. The average Bonchev–Trinajstić information content (AvgIpc) is 2.78. The van der Waals surface area contributed by atoms with Crippen LogP contribution in [0.5, 0.6) is 11.5 Å². The minimum Gasteiger partial charge on any atom is -0.497 e. The van der Waals surface area contributed by atoms with Gasteiger partial charge in [-0.3, -0.25) is 19.8 Å². The van der Waals surface area contributed by atoms with E-state index in [-0.39, 0.29) is 11.6 Å². The van der Waals surface area contributed by atoms with Crippen LogP contribution in [0.4, 0.5) is 5.69 Å². The Balaban J connectivity index is 1.58. The summed E-state index contributed by atoms with van der Waals surface area (Å²) < 4.78 is 10.7. The minimum absolute atomic E-state index is 0.0152. The van der Waals surface area contributed by atoms with Crippen LogP contribution in [0.25, 0.3) is 6.08 Å². The van der Waals surface area contributed by atoms with E-state index in [0.29, 0.717) is 25.2 Å². The fourth-order valence-corrected chi connectivity index (χ4v) is 3.43. The first-order chi connectivity index (χ1) is 14.5. The van der Waals surface area contributed by atoms with Gasteiger partial charge in [0.15, 0.2) is 0 Å². The first-order valence-corrected chi connectivity index (χ1v) is 9.65. The van der Waals surface area contributed by atoms with Gasteiger partial charge >= 0.3 is 0 Å². The van der Waals surface area contributed by atoms with Gasteiger partial charge in [-0.05, 0) is 30.3 Å². The topological polar surface area (TPSA) is 85.2 Å². The number of hydrogen-bond acceptors (Lipinski definition) is 6. The molecule has 0 radical (unpaired) electrons. The van der Waals surface area contributed by atoms with Crippen LogP contribution in [-0.2, 0) is 11.3 Å². The van der Waals surface area contributed by atoms with E-state index in [1.807, 2.05) is 18.2 Å². The molecule has 0 aromatic heterocycles. The lowest BCUT2D eigenvalue weighted by molar-refractivity contribution is -0.385. The Morgan fingerprint density at radius 3 is 2.50 bits per heavy atom. The van der Waals surface area contributed by atoms with Crippen LogP contribution in [0.1, 0.15) is 11.1 Å². The van der Waals surface area contributed by atoms with Gasteiger partial charge in [0.1, 0.15) is 11.5 Å². The van der Waals surface area contributed by atoms with Crippen molar-refractivity contribution in [3.8, 4) is 11.5 Å². The van der Waals surface area contributed by atoms with Gasteiger partial charge in [0, 0.05) is 50.4 Å². The summed E-state index contributed by atoms with van der Waals surface area (Å²) in [6.07, 6.45) is 2.91. The Morgan fingerprint density at radius 1 is 1.10 bits per heavy atom. The number of hydrogen-bond donors (Lipinski definition) is 0. The van der Waals surface area contributed by atoms with Crippen molar-refractivity contribution in [2.24, 2.45) is 0 Å². The van der Waals surface area contributed by atoms with E-state index in [2.05, 4.69) is 4.90 Å². The number of benzene rings is 2. The second kappa shape index (κ2) is 9.89. The molecule has 30 heavy (non-hydrogen) atoms. The average molecular weight is 411 g/mol. The van der Waals surface area contributed by atoms with Crippen molar-refractivity contribution in [1.29, 1.82) is 0 Å². The van der Waals surface area contributed by atoms with Gasteiger partial charge in [-0.2, -0.15) is 0 Å². The van der Waals surface area contributed by atoms with Crippen molar-refractivity contribution in [3.63, 3.8) is 0 Å². The predicted octanol–water partition coefficient (Wildman–Crippen LogP) is 2.97. The molecule has 2 aromatic rings. The van der Waals surface area contributed by atoms with Crippen LogP contribution in [-0.4, -0.2) is 61.0 Å². The first-order valence-electron chi connectivity index (χ1n) is 9.65. The van der Waals surface area contributed by atoms with Crippen LogP contribution in [0.15, 0.2) is 48.5 Å². The molecular weight excluding hydrogens is 386 g/mol. The highest BCUT2D eigenvalue weighted by Gasteiger charge is 2.21. The maximum absolute atomic E-state index is 12.5. The third-order valence-corrected chi connectivity index (χ3v) is 5.10. The van der Waals surface area contributed by atoms with Crippen molar-refractivity contribution in [2.45, 2.75) is 6.54 Å². The quantitative estimate of drug-likeness (QED) is 0.396. The lowest BCUT2D eigenvalue weighted by atomic mass is 10.1. The molecule has 3 rings (SSSR count). The standard InChI is InChI=1S/C22H25N3O5/c1-29-19-8-9-21(30-2)18(15-19)16-23-11-13-24(14-12-23)22(26)10-7-17-5-3-4-6-20(17)25(27)28/h3-10,15H,11-14,16H2,1-2H3/b10-7+. The van der Waals surface area contributed by atoms with Gasteiger partial charge in [-0.25, -0.2) is 0 Å². The Hall–Kier alpha value is -3.39. The van der Waals surface area contributed by atoms with E-state index in [1.165, 1.54) is 18.2 Å². The smallest absolute Gasteiger partial charge is 0.276 e. The van der Waals surface area contributed by atoms with Crippen molar-refractivity contribution in [3.05, 3.63) is 69.8 Å². The Morgan fingerprint density at radius 2 is 1.83 bits per heavy atom. The fraction of sp³-hybridized carbons (Fsp3) is 0.318. The lowest BCUT2D eigenvalue weighted by Gasteiger charge is -2.34. The summed E-state index contributed by atoms with van der Waals surface area (Å²) in [4.78, 5) is 27.2. The van der Waals surface area contributed by atoms with Crippen LogP contribution in [0, 0.1) is 10.1 Å². The number of carbonyl (C=O) groups is 1. The van der Waals surface area contributed by atoms with Crippen molar-refractivity contribution in [2.75, 3.05) is 40.4 Å². The largest absolute Gasteiger partial charge is 0.497 e. The van der Waals surface area contributed by atoms with Gasteiger partial charge in [-0.1, -0.05) is 12.1 Å². The molecule has 0 saturated carbocycles. The molecule has 1 fully saturated rings. The Kier molecular flexibility index (Phi) is 7.03. The van der Waals surface area contributed by atoms with Crippen LogP contribution < -0.4 is 9.47 Å². The van der Waals surface area contributed by atoms with Crippen molar-refractivity contribution >= 4 is 17.7 Å². The summed E-state index contributed by atoms with van der Waals surface area (Å²) in [6, 6.07) is 12.1. The summed E-state index contributed by atoms with van der Waals surface area (Å²) in [5.41, 5.74) is 1.44. The number of nitrogens with zero attached hydrogens (tertiary/aromatic N) is 3. The molecule has 1 saturated heterocycles. The van der Waals surface area contributed by atoms with E-state index >= 15 is 0 Å². The number of ether oxygens (including phenoxy) is 2. The van der Waals surface area contributed by atoms with Crippen LogP contribution >= 0.6 is 0 Å². The monoisotopic (exact) mass is 411 g/mol. The SMILES string of the molecule is COc1ccc(OC)c(CN2CCN(C(=O)/C=C/c3ccccc3[N+](=O)[O-])CC2)c1. The second-order valence-electron chi connectivity index (χ2n) is 6.93. The number of methoxy groups -OCH3 is 2. The molecule has 0 atom stereocenters. The number of amides is 1. The van der Waals surface area contributed by atoms with E-state index in [9.17, 15) is 14.9 Å². The Labute approximate surface area is 175 Å². The van der Waals surface area contributed by atoms with E-state index < -0.39 is 4.92 Å². The molecular formula is C22H25N3O5. The van der Waals surface area contributed by atoms with Crippen LogP contribution in [0.3, 0.4) is 0 Å². The number of rotatable bonds is 7. The molecule has 0 aliphatic carbocycles. The molecule has 0 unspecified atom stereocenters. The molecule has 1 aliphatic heterocycles. The molecule has 2 aromatic carbocycles. The summed E-state index contributed by atoms with van der Waals surface area (Å²) >= 11 is 0. The summed E-state index contributed by atoms with van der Waals surface area (Å²) in [5.74, 6) is 1.44. The molecule has 158 valence electrons. The number of para-hydroxylation sites is 1. The minimum atomic E-state index is -0.449. The molecule has 0 bridgehead atoms. The van der Waals surface area contributed by atoms with E-state index in [0.717, 1.165) is 30.2 Å². The van der Waals surface area contributed by atoms with Gasteiger partial charge in [0.25, 0.3) is 5.69 Å². The highest BCUT2D eigenvalue weighted by molar-refractivity contribution is 5.92. The number of carbonyl (C=O) groups excluding carboxylic acids is 1. The first kappa shape index (κ1) is 21.3. The molecule has 0 N–H and O–H groups in total. The van der Waals surface area contributed by atoms with Crippen molar-refractivity contribution < 1.29 is 19.2 Å². The molecule has 1 amide bonds. The zero-order valence-electron chi connectivity index (χ0n) is 17.1. The summed E-state index contributed by atoms with van der Waals surface area (Å²) in [5, 5.41) is 11.1. The van der Waals surface area contributed by atoms with Gasteiger partial charge in [0.05, 0.1) is 24.7 Å². The van der Waals surface area contributed by atoms with E-state index in [1.54, 1.807) is 37.3 Å². The van der Waals surface area contributed by atoms with Gasteiger partial charge < -0.3 is 14.4 Å². The number of nitro benzene ring substituents is 1. The molecule has 8 nitrogen and oxygen atoms in total. The molecule has 8 heteroatoms. The summed E-state index contributed by atoms with van der Waals surface area (Å²) in [7, 11) is 3.28. The third-order valence-electron chi connectivity index (χ3n) is 5.10. The molecule has 1 heterocycles. The van der Waals surface area contributed by atoms with E-state index in [4.69, 9.17) is 9.47 Å². The van der Waals surface area contributed by atoms with Crippen LogP contribution in [0.2, 0.25) is 0 Å². The highest BCUT2D eigenvalue weighted by atomic mass is 16.6. The van der Waals surface area contributed by atoms with Crippen molar-refractivity contribution in [1.82, 2.24) is 9.80 Å². The maximum atomic E-state index is 12.5. The molecule has 0 spiro atoms. The zero-order chi connectivity index (χ0) is 21.5. The third kappa shape index (κ3) is 5.15. The molecule has 1 aliphatic rings. The number of nitro groups is 1. The summed E-state index contributed by atoms with van der Waals surface area (Å²) in [6.45, 7) is 3.34. The lowest BCUT2D eigenvalue weighted by Crippen LogP contribution is -2.47. The van der Waals surface area contributed by atoms with Gasteiger partial charge in [-0.15, -0.1) is 0 Å². The number of piperazine rings is 1.